The molecule has 1 saturated carbocycles. The van der Waals surface area contributed by atoms with Crippen molar-refractivity contribution in [3.05, 3.63) is 29.3 Å². The second kappa shape index (κ2) is 4.52. The third kappa shape index (κ3) is 2.08. The molecule has 0 amide bonds. The number of carbonyl (C=O) groups excluding carboxylic acids is 1. The largest absolute Gasteiger partial charge is 0.493 e. The van der Waals surface area contributed by atoms with Gasteiger partial charge in [0, 0.05) is 17.9 Å². The smallest absolute Gasteiger partial charge is 0.165 e. The Morgan fingerprint density at radius 3 is 2.82 bits per heavy atom. The van der Waals surface area contributed by atoms with Gasteiger partial charge in [-0.2, -0.15) is 0 Å². The second-order valence-corrected chi connectivity index (χ2v) is 5.12. The molecular formula is C15H18O2. The molecule has 0 radical (unpaired) electrons. The molecule has 0 bridgehead atoms. The van der Waals surface area contributed by atoms with Gasteiger partial charge < -0.3 is 4.74 Å². The van der Waals surface area contributed by atoms with Gasteiger partial charge in [0.15, 0.2) is 5.78 Å². The number of ether oxygens (including phenoxy) is 1. The van der Waals surface area contributed by atoms with Gasteiger partial charge in [-0.25, -0.2) is 0 Å². The van der Waals surface area contributed by atoms with Crippen molar-refractivity contribution in [2.45, 2.75) is 38.5 Å². The molecule has 0 aromatic heterocycles. The van der Waals surface area contributed by atoms with E-state index in [2.05, 4.69) is 0 Å². The third-order valence-electron chi connectivity index (χ3n) is 3.95. The van der Waals surface area contributed by atoms with E-state index in [-0.39, 0.29) is 5.92 Å². The molecule has 1 heterocycles. The second-order valence-electron chi connectivity index (χ2n) is 5.12. The summed E-state index contributed by atoms with van der Waals surface area (Å²) < 4.78 is 5.47. The lowest BCUT2D eigenvalue weighted by atomic mass is 9.83. The van der Waals surface area contributed by atoms with Crippen LogP contribution >= 0.6 is 0 Å². The first-order chi connectivity index (χ1) is 8.34. The number of hydrogen-bond donors (Lipinski definition) is 0. The van der Waals surface area contributed by atoms with Gasteiger partial charge in [0.25, 0.3) is 0 Å². The minimum absolute atomic E-state index is 0.268. The standard InChI is InChI=1S/C15H18O2/c16-15(11-4-2-1-3-5-11)13-6-7-14-12(10-13)8-9-17-14/h6-7,10-11H,1-5,8-9H2. The van der Waals surface area contributed by atoms with Crippen molar-refractivity contribution in [1.82, 2.24) is 0 Å². The number of rotatable bonds is 2. The maximum absolute atomic E-state index is 12.4. The Morgan fingerprint density at radius 1 is 1.18 bits per heavy atom. The minimum atomic E-state index is 0.268. The summed E-state index contributed by atoms with van der Waals surface area (Å²) in [7, 11) is 0. The van der Waals surface area contributed by atoms with Crippen LogP contribution < -0.4 is 4.74 Å². The average Bonchev–Trinajstić information content (AvgIpc) is 2.86. The number of benzene rings is 1. The summed E-state index contributed by atoms with van der Waals surface area (Å²) in [6.45, 7) is 0.760. The first-order valence-electron chi connectivity index (χ1n) is 6.64. The van der Waals surface area contributed by atoms with E-state index in [0.717, 1.165) is 37.2 Å². The fraction of sp³-hybridized carbons (Fsp3) is 0.533. The summed E-state index contributed by atoms with van der Waals surface area (Å²) in [4.78, 5) is 12.4. The predicted molar refractivity (Wildman–Crippen MR) is 66.5 cm³/mol. The molecule has 3 rings (SSSR count). The van der Waals surface area contributed by atoms with E-state index < -0.39 is 0 Å². The third-order valence-corrected chi connectivity index (χ3v) is 3.95. The Bertz CT molecular complexity index is 431. The fourth-order valence-corrected chi connectivity index (χ4v) is 2.94. The summed E-state index contributed by atoms with van der Waals surface area (Å²) in [6, 6.07) is 5.93. The summed E-state index contributed by atoms with van der Waals surface area (Å²) >= 11 is 0. The molecule has 0 spiro atoms. The van der Waals surface area contributed by atoms with Crippen LogP contribution in [0.2, 0.25) is 0 Å². The van der Waals surface area contributed by atoms with Crippen LogP contribution in [0.5, 0.6) is 5.75 Å². The summed E-state index contributed by atoms with van der Waals surface area (Å²) in [5.74, 6) is 1.58. The van der Waals surface area contributed by atoms with Crippen LogP contribution in [-0.2, 0) is 6.42 Å². The van der Waals surface area contributed by atoms with E-state index in [0.29, 0.717) is 5.78 Å². The molecule has 1 aliphatic heterocycles. The van der Waals surface area contributed by atoms with Gasteiger partial charge in [-0.15, -0.1) is 0 Å². The predicted octanol–water partition coefficient (Wildman–Crippen LogP) is 3.38. The van der Waals surface area contributed by atoms with E-state index in [1.807, 2.05) is 18.2 Å². The Balaban J connectivity index is 1.81. The molecule has 0 N–H and O–H groups in total. The Morgan fingerprint density at radius 2 is 2.00 bits per heavy atom. The molecule has 2 heteroatoms. The van der Waals surface area contributed by atoms with Gasteiger partial charge in [0.05, 0.1) is 6.61 Å². The fourth-order valence-electron chi connectivity index (χ4n) is 2.94. The van der Waals surface area contributed by atoms with E-state index in [1.165, 1.54) is 24.8 Å². The van der Waals surface area contributed by atoms with E-state index in [1.54, 1.807) is 0 Å². The Labute approximate surface area is 102 Å². The highest BCUT2D eigenvalue weighted by atomic mass is 16.5. The van der Waals surface area contributed by atoms with Crippen LogP contribution in [0.3, 0.4) is 0 Å². The molecule has 1 fully saturated rings. The summed E-state index contributed by atoms with van der Waals surface area (Å²) in [6.07, 6.45) is 6.82. The van der Waals surface area contributed by atoms with Gasteiger partial charge in [-0.3, -0.25) is 4.79 Å². The summed E-state index contributed by atoms with van der Waals surface area (Å²) in [5, 5.41) is 0. The molecule has 0 atom stereocenters. The quantitative estimate of drug-likeness (QED) is 0.728. The zero-order valence-electron chi connectivity index (χ0n) is 10.1. The maximum Gasteiger partial charge on any atom is 0.165 e. The van der Waals surface area contributed by atoms with Crippen molar-refractivity contribution in [2.75, 3.05) is 6.61 Å². The van der Waals surface area contributed by atoms with E-state index in [9.17, 15) is 4.79 Å². The van der Waals surface area contributed by atoms with E-state index in [4.69, 9.17) is 4.74 Å². The van der Waals surface area contributed by atoms with E-state index >= 15 is 0 Å². The lowest BCUT2D eigenvalue weighted by Gasteiger charge is -2.20. The highest BCUT2D eigenvalue weighted by Gasteiger charge is 2.23. The average molecular weight is 230 g/mol. The molecule has 1 aromatic rings. The van der Waals surface area contributed by atoms with Crippen molar-refractivity contribution in [2.24, 2.45) is 5.92 Å². The van der Waals surface area contributed by atoms with Gasteiger partial charge >= 0.3 is 0 Å². The molecule has 2 nitrogen and oxygen atoms in total. The normalized spacial score (nSPS) is 19.8. The first kappa shape index (κ1) is 10.8. The number of Topliss-reactive ketones (excluding diaryl/α,β-unsaturated/α-hetero) is 1. The van der Waals surface area contributed by atoms with Gasteiger partial charge in [0.1, 0.15) is 5.75 Å². The molecule has 2 aliphatic rings. The molecule has 1 aliphatic carbocycles. The summed E-state index contributed by atoms with van der Waals surface area (Å²) in [5.41, 5.74) is 2.09. The topological polar surface area (TPSA) is 26.3 Å². The number of ketones is 1. The van der Waals surface area contributed by atoms with Crippen molar-refractivity contribution in [3.63, 3.8) is 0 Å². The molecule has 90 valence electrons. The van der Waals surface area contributed by atoms with Crippen molar-refractivity contribution >= 4 is 5.78 Å². The van der Waals surface area contributed by atoms with Crippen LogP contribution in [0.25, 0.3) is 0 Å². The van der Waals surface area contributed by atoms with Crippen LogP contribution in [-0.4, -0.2) is 12.4 Å². The van der Waals surface area contributed by atoms with Crippen LogP contribution in [0, 0.1) is 5.92 Å². The SMILES string of the molecule is O=C(c1ccc2c(c1)CCO2)C1CCCCC1. The molecule has 0 saturated heterocycles. The van der Waals surface area contributed by atoms with Gasteiger partial charge in [-0.1, -0.05) is 19.3 Å². The van der Waals surface area contributed by atoms with Crippen LogP contribution in [0.4, 0.5) is 0 Å². The minimum Gasteiger partial charge on any atom is -0.493 e. The van der Waals surface area contributed by atoms with Crippen molar-refractivity contribution < 1.29 is 9.53 Å². The number of hydrogen-bond acceptors (Lipinski definition) is 2. The van der Waals surface area contributed by atoms with Crippen molar-refractivity contribution in [1.29, 1.82) is 0 Å². The lowest BCUT2D eigenvalue weighted by Crippen LogP contribution is -2.17. The van der Waals surface area contributed by atoms with Crippen LogP contribution in [0.15, 0.2) is 18.2 Å². The zero-order chi connectivity index (χ0) is 11.7. The first-order valence-corrected chi connectivity index (χ1v) is 6.64. The molecule has 1 aromatic carbocycles. The molecular weight excluding hydrogens is 212 g/mol. The maximum atomic E-state index is 12.4. The highest BCUT2D eigenvalue weighted by Crippen LogP contribution is 2.30. The Kier molecular flexibility index (Phi) is 2.87. The van der Waals surface area contributed by atoms with Gasteiger partial charge in [0.2, 0.25) is 0 Å². The highest BCUT2D eigenvalue weighted by molar-refractivity contribution is 5.98. The monoisotopic (exact) mass is 230 g/mol. The molecule has 0 unspecified atom stereocenters. The lowest BCUT2D eigenvalue weighted by molar-refractivity contribution is 0.0889. The van der Waals surface area contributed by atoms with Crippen molar-refractivity contribution in [3.8, 4) is 5.75 Å². The Hall–Kier alpha value is -1.31. The number of fused-ring (bicyclic) bond motifs is 1. The number of carbonyl (C=O) groups is 1. The van der Waals surface area contributed by atoms with Crippen LogP contribution in [0.1, 0.15) is 48.0 Å². The van der Waals surface area contributed by atoms with Gasteiger partial charge in [-0.05, 0) is 36.6 Å². The molecule has 17 heavy (non-hydrogen) atoms. The zero-order valence-corrected chi connectivity index (χ0v) is 10.1.